The summed E-state index contributed by atoms with van der Waals surface area (Å²) in [6, 6.07) is 60.6. The molecule has 0 aliphatic carbocycles. The molecule has 0 bridgehead atoms. The normalized spacial score (nSPS) is 14.8. The number of amidine groups is 2. The first kappa shape index (κ1) is 29.6. The lowest BCUT2D eigenvalue weighted by molar-refractivity contribution is 0.383. The van der Waals surface area contributed by atoms with Gasteiger partial charge in [-0.3, -0.25) is 0 Å². The summed E-state index contributed by atoms with van der Waals surface area (Å²) in [4.78, 5) is 12.9. The van der Waals surface area contributed by atoms with Crippen LogP contribution in [0.3, 0.4) is 0 Å². The van der Waals surface area contributed by atoms with Gasteiger partial charge < -0.3 is 9.47 Å². The summed E-state index contributed by atoms with van der Waals surface area (Å²) in [5, 5.41) is 5.03. The van der Waals surface area contributed by atoms with Crippen molar-refractivity contribution < 1.29 is 0 Å². The molecule has 0 spiro atoms. The van der Waals surface area contributed by atoms with Crippen molar-refractivity contribution in [2.24, 2.45) is 9.98 Å². The van der Waals surface area contributed by atoms with E-state index < -0.39 is 0 Å². The zero-order valence-electron chi connectivity index (χ0n) is 27.9. The lowest BCUT2D eigenvalue weighted by atomic mass is 10.0. The van der Waals surface area contributed by atoms with Crippen molar-refractivity contribution in [3.8, 4) is 16.8 Å². The number of aliphatic imine (C=N–C) groups is 2. The van der Waals surface area contributed by atoms with Crippen molar-refractivity contribution in [3.63, 3.8) is 0 Å². The van der Waals surface area contributed by atoms with Crippen molar-refractivity contribution >= 4 is 65.0 Å². The summed E-state index contributed by atoms with van der Waals surface area (Å²) in [5.74, 6) is 1.65. The highest BCUT2D eigenvalue weighted by Crippen LogP contribution is 2.39. The number of hydrogen-bond donors (Lipinski definition) is 0. The van der Waals surface area contributed by atoms with Crippen molar-refractivity contribution in [3.05, 3.63) is 187 Å². The van der Waals surface area contributed by atoms with E-state index in [4.69, 9.17) is 9.98 Å². The van der Waals surface area contributed by atoms with Gasteiger partial charge in [-0.1, -0.05) is 127 Å². The van der Waals surface area contributed by atoms with E-state index in [9.17, 15) is 0 Å². The van der Waals surface area contributed by atoms with Crippen LogP contribution in [-0.2, 0) is 0 Å². The molecule has 1 aliphatic rings. The van der Waals surface area contributed by atoms with E-state index in [0.717, 1.165) is 45.2 Å². The molecule has 1 atom stereocenters. The fraction of sp³-hybridized carbons (Fsp3) is 0.0435. The maximum Gasteiger partial charge on any atom is 0.159 e. The number of fused-ring (bicyclic) bond motifs is 6. The van der Waals surface area contributed by atoms with Gasteiger partial charge in [0.05, 0.1) is 11.0 Å². The Morgan fingerprint density at radius 1 is 0.529 bits per heavy atom. The van der Waals surface area contributed by atoms with E-state index in [-0.39, 0.29) is 6.17 Å². The predicted octanol–water partition coefficient (Wildman–Crippen LogP) is 11.7. The van der Waals surface area contributed by atoms with Crippen LogP contribution < -0.4 is 0 Å². The Kier molecular flexibility index (Phi) is 6.93. The van der Waals surface area contributed by atoms with E-state index >= 15 is 0 Å². The number of aromatic nitrogens is 1. The minimum Gasteiger partial charge on any atom is -0.333 e. The van der Waals surface area contributed by atoms with Gasteiger partial charge in [0.15, 0.2) is 5.84 Å². The average molecular weight is 673 g/mol. The molecule has 0 saturated carbocycles. The van der Waals surface area contributed by atoms with Gasteiger partial charge >= 0.3 is 0 Å². The van der Waals surface area contributed by atoms with Gasteiger partial charge in [-0.2, -0.15) is 0 Å². The summed E-state index contributed by atoms with van der Waals surface area (Å²) in [7, 11) is 2.11. The smallest absolute Gasteiger partial charge is 0.159 e. The largest absolute Gasteiger partial charge is 0.333 e. The van der Waals surface area contributed by atoms with Crippen LogP contribution in [0.15, 0.2) is 180 Å². The molecule has 10 rings (SSSR count). The number of hydrogen-bond acceptors (Lipinski definition) is 4. The van der Waals surface area contributed by atoms with Gasteiger partial charge in [0.25, 0.3) is 0 Å². The monoisotopic (exact) mass is 672 g/mol. The van der Waals surface area contributed by atoms with Crippen LogP contribution in [0.1, 0.15) is 22.9 Å². The highest BCUT2D eigenvalue weighted by Gasteiger charge is 2.28. The molecule has 51 heavy (non-hydrogen) atoms. The van der Waals surface area contributed by atoms with Crippen molar-refractivity contribution in [2.45, 2.75) is 6.17 Å². The van der Waals surface area contributed by atoms with Gasteiger partial charge in [0.1, 0.15) is 12.0 Å². The Bertz CT molecular complexity index is 2770. The van der Waals surface area contributed by atoms with Gasteiger partial charge in [-0.05, 0) is 59.2 Å². The highest BCUT2D eigenvalue weighted by molar-refractivity contribution is 7.25. The topological polar surface area (TPSA) is 32.9 Å². The first-order chi connectivity index (χ1) is 25.2. The molecule has 9 aromatic rings. The first-order valence-electron chi connectivity index (χ1n) is 17.3. The highest BCUT2D eigenvalue weighted by atomic mass is 32.1. The molecule has 3 heterocycles. The second-order valence-electron chi connectivity index (χ2n) is 13.1. The van der Waals surface area contributed by atoms with E-state index in [2.05, 4.69) is 186 Å². The summed E-state index contributed by atoms with van der Waals surface area (Å²) >= 11 is 1.83. The fourth-order valence-electron chi connectivity index (χ4n) is 7.64. The molecule has 0 fully saturated rings. The Balaban J connectivity index is 1.08. The summed E-state index contributed by atoms with van der Waals surface area (Å²) in [5.41, 5.74) is 9.08. The molecule has 5 heteroatoms. The molecule has 7 aromatic carbocycles. The van der Waals surface area contributed by atoms with Crippen LogP contribution in [0.2, 0.25) is 0 Å². The van der Waals surface area contributed by atoms with E-state index in [1.54, 1.807) is 0 Å². The van der Waals surface area contributed by atoms with Crippen LogP contribution >= 0.6 is 11.3 Å². The van der Waals surface area contributed by atoms with Crippen molar-refractivity contribution in [1.82, 2.24) is 9.47 Å². The predicted molar refractivity (Wildman–Crippen MR) is 216 cm³/mol. The summed E-state index contributed by atoms with van der Waals surface area (Å²) in [6.45, 7) is 0. The number of thiophene rings is 1. The quantitative estimate of drug-likeness (QED) is 0.179. The third-order valence-corrected chi connectivity index (χ3v) is 11.2. The van der Waals surface area contributed by atoms with Crippen LogP contribution in [-0.4, -0.2) is 28.2 Å². The zero-order chi connectivity index (χ0) is 33.9. The van der Waals surface area contributed by atoms with E-state index in [1.165, 1.54) is 42.0 Å². The minimum absolute atomic E-state index is 0.219. The molecule has 4 nitrogen and oxygen atoms in total. The lowest BCUT2D eigenvalue weighted by Crippen LogP contribution is -2.35. The van der Waals surface area contributed by atoms with Crippen LogP contribution in [0.4, 0.5) is 0 Å². The maximum atomic E-state index is 5.35. The third-order valence-electron chi connectivity index (χ3n) is 10.1. The Hall–Kier alpha value is -6.30. The van der Waals surface area contributed by atoms with Crippen LogP contribution in [0, 0.1) is 0 Å². The lowest BCUT2D eigenvalue weighted by Gasteiger charge is -2.32. The van der Waals surface area contributed by atoms with E-state index in [1.807, 2.05) is 11.3 Å². The van der Waals surface area contributed by atoms with E-state index in [0.29, 0.717) is 0 Å². The molecule has 242 valence electrons. The second-order valence-corrected chi connectivity index (χ2v) is 14.1. The zero-order valence-corrected chi connectivity index (χ0v) is 28.8. The molecule has 0 amide bonds. The molecule has 1 unspecified atom stereocenters. The maximum absolute atomic E-state index is 5.35. The number of rotatable bonds is 5. The molecule has 0 saturated heterocycles. The molecule has 2 aromatic heterocycles. The molecule has 0 radical (unpaired) electrons. The van der Waals surface area contributed by atoms with Gasteiger partial charge in [-0.15, -0.1) is 11.3 Å². The number of para-hydroxylation sites is 2. The van der Waals surface area contributed by atoms with Crippen molar-refractivity contribution in [2.75, 3.05) is 7.05 Å². The van der Waals surface area contributed by atoms with Gasteiger partial charge in [-0.25, -0.2) is 9.98 Å². The van der Waals surface area contributed by atoms with Crippen LogP contribution in [0.25, 0.3) is 58.8 Å². The molecular weight excluding hydrogens is 641 g/mol. The molecule has 0 N–H and O–H groups in total. The summed E-state index contributed by atoms with van der Waals surface area (Å²) < 4.78 is 4.90. The van der Waals surface area contributed by atoms with Gasteiger partial charge in [0, 0.05) is 54.8 Å². The Morgan fingerprint density at radius 3 is 1.92 bits per heavy atom. The van der Waals surface area contributed by atoms with Crippen LogP contribution in [0.5, 0.6) is 0 Å². The summed E-state index contributed by atoms with van der Waals surface area (Å²) in [6.07, 6.45) is -0.219. The Morgan fingerprint density at radius 2 is 1.16 bits per heavy atom. The number of benzene rings is 7. The van der Waals surface area contributed by atoms with Gasteiger partial charge in [0.2, 0.25) is 0 Å². The molecule has 1 aliphatic heterocycles. The first-order valence-corrected chi connectivity index (χ1v) is 18.1. The SMILES string of the molecule is CN1C(c2cccc3sc4ccccc4c23)=NC(c2cccc(-c3ccc(-n4c5ccccc5c5ccccc54)cc3)c2)=NC1c1ccccc1. The van der Waals surface area contributed by atoms with Crippen molar-refractivity contribution in [1.29, 1.82) is 0 Å². The molecular formula is C46H32N4S. The fourth-order valence-corrected chi connectivity index (χ4v) is 8.77. The Labute approximate surface area is 299 Å². The second kappa shape index (κ2) is 11.9. The number of nitrogens with zero attached hydrogens (tertiary/aromatic N) is 4. The minimum atomic E-state index is -0.219. The third kappa shape index (κ3) is 4.89. The average Bonchev–Trinajstić information content (AvgIpc) is 3.75. The standard InChI is InChI=1S/C46H32N4S/c1-49-45(31-13-3-2-4-14-31)47-44(48-46(49)38-20-12-24-42-43(38)37-19-7-10-23-41(37)51-42)33-16-11-15-32(29-33)30-25-27-34(28-26-30)50-39-21-8-5-17-35(39)36-18-6-9-22-40(36)50/h2-29,45H,1H3.